The fourth-order valence-electron chi connectivity index (χ4n) is 15.5. The van der Waals surface area contributed by atoms with E-state index in [2.05, 4.69) is 16.0 Å². The standard InChI is InChI=1S/C70H102F8N12O12/c1-10-42(2)58-65(100)84(5)40-55(93)82(3)41-56(94)85(6)50(36-43-22-13-11-14-23-43)63(98)83(4)39-53(91)79-48(28-27-44-34-46(71)57(47(72)35-44)70(76,77)78)62(97)90-33-21-26-49(90)61(96)81-68(29-17-18-30-68)67(102)88(9)59(45-24-15-12-16-25-45)66(101)87(8)51(64(99)89-31-19-20-32-89)37-54(92)86(7)52(60(95)80-58)38-69(73,74)75/h34-35,42-43,45,48-52,58-59H,10-33,36-41H2,1-9H3,(H,79,91)(H,80,95)(H,81,96)/t42-,48-,49-,50-,51-,52-,58-,59-/m0/s1. The van der Waals surface area contributed by atoms with Crippen LogP contribution < -0.4 is 16.0 Å². The lowest BCUT2D eigenvalue weighted by molar-refractivity contribution is -0.163. The largest absolute Gasteiger partial charge is 0.422 e. The van der Waals surface area contributed by atoms with E-state index in [4.69, 9.17) is 0 Å². The molecule has 3 saturated carbocycles. The highest BCUT2D eigenvalue weighted by Gasteiger charge is 2.52. The van der Waals surface area contributed by atoms with Crippen LogP contribution in [0.25, 0.3) is 0 Å². The summed E-state index contributed by atoms with van der Waals surface area (Å²) >= 11 is 0. The molecule has 12 amide bonds. The number of carbonyl (C=O) groups excluding carboxylic acids is 12. The molecule has 0 aromatic heterocycles. The van der Waals surface area contributed by atoms with Gasteiger partial charge < -0.3 is 60.0 Å². The molecule has 1 spiro atoms. The van der Waals surface area contributed by atoms with Crippen LogP contribution in [-0.2, 0) is 70.1 Å². The number of aryl methyl sites for hydroxylation is 1. The summed E-state index contributed by atoms with van der Waals surface area (Å²) in [5.74, 6) is -16.1. The molecular weight excluding hydrogens is 1350 g/mol. The van der Waals surface area contributed by atoms with Gasteiger partial charge in [-0.15, -0.1) is 0 Å². The van der Waals surface area contributed by atoms with Crippen LogP contribution >= 0.6 is 0 Å². The Morgan fingerprint density at radius 1 is 0.588 bits per heavy atom. The topological polar surface area (TPSA) is 270 Å². The fraction of sp³-hybridized carbons (Fsp3) is 0.743. The van der Waals surface area contributed by atoms with E-state index in [0.717, 1.165) is 62.1 Å². The number of alkyl halides is 6. The average molecular weight is 1460 g/mol. The zero-order chi connectivity index (χ0) is 75.5. The number of halogens is 8. The molecule has 0 radical (unpaired) electrons. The molecule has 102 heavy (non-hydrogen) atoms. The maximum Gasteiger partial charge on any atom is 0.422 e. The van der Waals surface area contributed by atoms with Crippen molar-refractivity contribution in [3.8, 4) is 0 Å². The maximum absolute atomic E-state index is 15.6. The molecule has 570 valence electrons. The first-order valence-corrected chi connectivity index (χ1v) is 35.8. The number of carbonyl (C=O) groups is 12. The van der Waals surface area contributed by atoms with Gasteiger partial charge in [-0.05, 0) is 106 Å². The zero-order valence-corrected chi connectivity index (χ0v) is 60.1. The Bertz CT molecular complexity index is 3200. The van der Waals surface area contributed by atoms with Crippen LogP contribution in [0.2, 0.25) is 0 Å². The summed E-state index contributed by atoms with van der Waals surface area (Å²) in [7, 11) is 8.58. The Hall–Kier alpha value is -7.70. The van der Waals surface area contributed by atoms with Crippen molar-refractivity contribution in [3.05, 3.63) is 34.9 Å². The van der Waals surface area contributed by atoms with E-state index in [-0.39, 0.29) is 69.6 Å². The van der Waals surface area contributed by atoms with Gasteiger partial charge in [0, 0.05) is 69.0 Å². The molecular formula is C70H102F8N12O12. The summed E-state index contributed by atoms with van der Waals surface area (Å²) in [4.78, 5) is 187. The van der Waals surface area contributed by atoms with Crippen LogP contribution in [-0.4, -0.2) is 258 Å². The van der Waals surface area contributed by atoms with Crippen LogP contribution in [0.15, 0.2) is 12.1 Å². The first kappa shape index (κ1) is 81.6. The van der Waals surface area contributed by atoms with Gasteiger partial charge in [0.1, 0.15) is 65.0 Å². The highest BCUT2D eigenvalue weighted by Crippen LogP contribution is 2.39. The molecule has 6 fully saturated rings. The average Bonchev–Trinajstić information content (AvgIpc) is 1.60. The van der Waals surface area contributed by atoms with Crippen molar-refractivity contribution in [2.75, 3.05) is 88.6 Å². The molecule has 3 heterocycles. The minimum absolute atomic E-state index is 0.00867. The number of hydrogen-bond acceptors (Lipinski definition) is 12. The molecule has 24 nitrogen and oxygen atoms in total. The minimum Gasteiger partial charge on any atom is -0.343 e. The Morgan fingerprint density at radius 3 is 1.74 bits per heavy atom. The third-order valence-corrected chi connectivity index (χ3v) is 21.9. The van der Waals surface area contributed by atoms with Crippen molar-refractivity contribution < 1.29 is 92.7 Å². The van der Waals surface area contributed by atoms with Gasteiger partial charge >= 0.3 is 12.4 Å². The van der Waals surface area contributed by atoms with Crippen molar-refractivity contribution in [1.29, 1.82) is 0 Å². The van der Waals surface area contributed by atoms with Gasteiger partial charge in [0.2, 0.25) is 70.9 Å². The fourth-order valence-corrected chi connectivity index (χ4v) is 15.5. The Labute approximate surface area is 591 Å². The van der Waals surface area contributed by atoms with Crippen molar-refractivity contribution in [2.24, 2.45) is 17.8 Å². The molecule has 7 rings (SSSR count). The molecule has 0 unspecified atom stereocenters. The van der Waals surface area contributed by atoms with E-state index in [0.29, 0.717) is 81.2 Å². The second kappa shape index (κ2) is 35.2. The molecule has 8 atom stereocenters. The van der Waals surface area contributed by atoms with Crippen molar-refractivity contribution >= 4 is 70.9 Å². The number of fused-ring (bicyclic) bond motifs is 1. The number of rotatable bonds is 10. The number of amides is 12. The number of nitrogens with one attached hydrogen (secondary N) is 3. The number of benzene rings is 1. The highest BCUT2D eigenvalue weighted by atomic mass is 19.4. The molecule has 1 aromatic carbocycles. The predicted octanol–water partition coefficient (Wildman–Crippen LogP) is 5.56. The Morgan fingerprint density at radius 2 is 1.16 bits per heavy atom. The lowest BCUT2D eigenvalue weighted by atomic mass is 9.81. The number of likely N-dealkylation sites (tertiary alicyclic amines) is 1. The Balaban J connectivity index is 1.30. The van der Waals surface area contributed by atoms with E-state index >= 15 is 28.0 Å². The quantitative estimate of drug-likeness (QED) is 0.243. The SMILES string of the molecule is CC[C@H](C)[C@@H]1NC(=O)[C@H](CC(F)(F)F)N(C)C(=O)C[C@@H](C(=O)N2CCCC2)N(C)C(=O)[C@H](C2CCCCC2)N(C)C(=O)C2(CCCC2)NC(=O)[C@@H]2CCCN2C(=O)[C@H](CCc2cc(F)c(C(F)(F)F)c(F)c2)NC(=O)CN(C)C(=O)[C@H](CC2CCCCC2)N(C)C(=O)CN(C)C(=O)CN(C)C1=O. The molecule has 32 heteroatoms. The van der Waals surface area contributed by atoms with Crippen molar-refractivity contribution in [3.63, 3.8) is 0 Å². The maximum atomic E-state index is 15.6. The summed E-state index contributed by atoms with van der Waals surface area (Å²) in [5, 5.41) is 7.94. The van der Waals surface area contributed by atoms with Crippen LogP contribution in [0.3, 0.4) is 0 Å². The summed E-state index contributed by atoms with van der Waals surface area (Å²) < 4.78 is 116. The monoisotopic (exact) mass is 1450 g/mol. The van der Waals surface area contributed by atoms with Crippen molar-refractivity contribution in [1.82, 2.24) is 60.0 Å². The Kier molecular flexibility index (Phi) is 28.1. The van der Waals surface area contributed by atoms with E-state index < -0.39 is 205 Å². The number of nitrogens with zero attached hydrogens (tertiary/aromatic N) is 9. The summed E-state index contributed by atoms with van der Waals surface area (Å²) in [5.41, 5.74) is -4.20. The predicted molar refractivity (Wildman–Crippen MR) is 355 cm³/mol. The number of hydrogen-bond donors (Lipinski definition) is 3. The summed E-state index contributed by atoms with van der Waals surface area (Å²) in [6.07, 6.45) is -5.18. The first-order valence-electron chi connectivity index (χ1n) is 35.8. The van der Waals surface area contributed by atoms with Gasteiger partial charge in [-0.3, -0.25) is 57.5 Å². The van der Waals surface area contributed by atoms with E-state index in [1.54, 1.807) is 6.92 Å². The van der Waals surface area contributed by atoms with E-state index in [9.17, 15) is 64.7 Å². The molecule has 3 aliphatic heterocycles. The van der Waals surface area contributed by atoms with Gasteiger partial charge in [0.15, 0.2) is 0 Å². The molecule has 3 N–H and O–H groups in total. The van der Waals surface area contributed by atoms with Crippen molar-refractivity contribution in [2.45, 2.75) is 228 Å². The molecule has 0 bridgehead atoms. The normalized spacial score (nSPS) is 26.7. The second-order valence-corrected chi connectivity index (χ2v) is 29.1. The van der Waals surface area contributed by atoms with Gasteiger partial charge in [-0.2, -0.15) is 26.3 Å². The minimum atomic E-state index is -5.41. The molecule has 6 aliphatic rings. The van der Waals surface area contributed by atoms with Crippen LogP contribution in [0.1, 0.15) is 173 Å². The first-order chi connectivity index (χ1) is 47.9. The van der Waals surface area contributed by atoms with Gasteiger partial charge in [0.25, 0.3) is 0 Å². The van der Waals surface area contributed by atoms with Crippen LogP contribution in [0.4, 0.5) is 35.1 Å². The highest BCUT2D eigenvalue weighted by molar-refractivity contribution is 6.01. The summed E-state index contributed by atoms with van der Waals surface area (Å²) in [6.45, 7) is 1.28. The summed E-state index contributed by atoms with van der Waals surface area (Å²) in [6, 6.07) is -10.4. The van der Waals surface area contributed by atoms with E-state index in [1.807, 2.05) is 0 Å². The molecule has 3 saturated heterocycles. The van der Waals surface area contributed by atoms with E-state index in [1.165, 1.54) is 59.0 Å². The number of likely N-dealkylation sites (N-methyl/N-ethyl adjacent to an activating group) is 7. The van der Waals surface area contributed by atoms with Gasteiger partial charge in [-0.25, -0.2) is 8.78 Å². The lowest BCUT2D eigenvalue weighted by Gasteiger charge is -2.43. The second-order valence-electron chi connectivity index (χ2n) is 29.1. The van der Waals surface area contributed by atoms with Crippen LogP contribution in [0, 0.1) is 29.4 Å². The third kappa shape index (κ3) is 20.2. The van der Waals surface area contributed by atoms with Gasteiger partial charge in [-0.1, -0.05) is 84.5 Å². The zero-order valence-electron chi connectivity index (χ0n) is 60.1. The molecule has 1 aromatic rings. The lowest BCUT2D eigenvalue weighted by Crippen LogP contribution is -2.65. The smallest absolute Gasteiger partial charge is 0.343 e. The van der Waals surface area contributed by atoms with Gasteiger partial charge in [0.05, 0.1) is 32.5 Å². The van der Waals surface area contributed by atoms with Crippen LogP contribution in [0.5, 0.6) is 0 Å². The molecule has 3 aliphatic carbocycles. The third-order valence-electron chi connectivity index (χ3n) is 21.9.